The van der Waals surface area contributed by atoms with Crippen LogP contribution in [0.25, 0.3) is 16.9 Å². The molecule has 3 heterocycles. The minimum Gasteiger partial charge on any atom is -0.492 e. The highest BCUT2D eigenvalue weighted by Gasteiger charge is 2.22. The van der Waals surface area contributed by atoms with Crippen LogP contribution in [0.3, 0.4) is 0 Å². The molecule has 0 bridgehead atoms. The van der Waals surface area contributed by atoms with E-state index in [1.807, 2.05) is 0 Å². The van der Waals surface area contributed by atoms with E-state index in [-0.39, 0.29) is 22.9 Å². The van der Waals surface area contributed by atoms with E-state index in [2.05, 4.69) is 25.1 Å². The van der Waals surface area contributed by atoms with Gasteiger partial charge in [-0.15, -0.1) is 0 Å². The van der Waals surface area contributed by atoms with Gasteiger partial charge in [0, 0.05) is 33.0 Å². The Kier molecular flexibility index (Phi) is 6.75. The van der Waals surface area contributed by atoms with Crippen LogP contribution in [0.5, 0.6) is 11.6 Å². The zero-order valence-corrected chi connectivity index (χ0v) is 20.3. The number of ether oxygens (including phenoxy) is 3. The van der Waals surface area contributed by atoms with Gasteiger partial charge in [-0.1, -0.05) is 0 Å². The Bertz CT molecular complexity index is 1470. The average molecular weight is 506 g/mol. The summed E-state index contributed by atoms with van der Waals surface area (Å²) < 4.78 is 61.9. The molecule has 0 saturated heterocycles. The second-order valence-corrected chi connectivity index (χ2v) is 9.03. The summed E-state index contributed by atoms with van der Waals surface area (Å²) in [7, 11) is 2.04. The summed E-state index contributed by atoms with van der Waals surface area (Å²) >= 11 is 0. The van der Waals surface area contributed by atoms with Gasteiger partial charge in [0.2, 0.25) is 5.88 Å². The molecule has 0 radical (unpaired) electrons. The number of nitrogens with zero attached hydrogens (tertiary/aromatic N) is 5. The monoisotopic (exact) mass is 505 g/mol. The minimum atomic E-state index is -4.05. The molecular formula is C21H24FN7O5S. The van der Waals surface area contributed by atoms with Crippen LogP contribution >= 0.6 is 0 Å². The van der Waals surface area contributed by atoms with Crippen molar-refractivity contribution in [2.24, 2.45) is 7.05 Å². The number of anilines is 2. The summed E-state index contributed by atoms with van der Waals surface area (Å²) in [5, 5.41) is 6.84. The molecule has 186 valence electrons. The fourth-order valence-electron chi connectivity index (χ4n) is 3.41. The number of benzene rings is 1. The van der Waals surface area contributed by atoms with Gasteiger partial charge in [0.25, 0.3) is 10.0 Å². The molecule has 14 heteroatoms. The molecule has 0 unspecified atom stereocenters. The molecule has 0 fully saturated rings. The van der Waals surface area contributed by atoms with Gasteiger partial charge in [-0.3, -0.25) is 13.8 Å². The standard InChI is InChI=1S/C21H24FN7O5S/c1-23-20-21-24-10-17(29(21)12-18(26-20)34-6-5-32-3)13-7-15(22)19(33-4)16(8-13)27-35(30,31)14-9-25-28(2)11-14/h7-12,27H,5-6H2,1-4H3,(H,23,26). The summed E-state index contributed by atoms with van der Waals surface area (Å²) in [6.45, 7) is 0.648. The number of fused-ring (bicyclic) bond motifs is 1. The van der Waals surface area contributed by atoms with Crippen molar-refractivity contribution < 1.29 is 27.0 Å². The molecule has 0 aliphatic carbocycles. The molecule has 0 atom stereocenters. The first-order valence-electron chi connectivity index (χ1n) is 10.3. The quantitative estimate of drug-likeness (QED) is 0.311. The maximum atomic E-state index is 15.0. The van der Waals surface area contributed by atoms with Crippen LogP contribution in [0.1, 0.15) is 0 Å². The third kappa shape index (κ3) is 4.83. The predicted molar refractivity (Wildman–Crippen MR) is 126 cm³/mol. The Morgan fingerprint density at radius 3 is 2.60 bits per heavy atom. The zero-order valence-electron chi connectivity index (χ0n) is 19.4. The lowest BCUT2D eigenvalue weighted by atomic mass is 10.1. The molecule has 4 aromatic rings. The summed E-state index contributed by atoms with van der Waals surface area (Å²) in [5.74, 6) is -0.276. The van der Waals surface area contributed by atoms with Crippen LogP contribution < -0.4 is 19.5 Å². The Labute approximate surface area is 200 Å². The van der Waals surface area contributed by atoms with Gasteiger partial charge in [0.1, 0.15) is 11.5 Å². The van der Waals surface area contributed by atoms with Gasteiger partial charge < -0.3 is 19.5 Å². The molecule has 35 heavy (non-hydrogen) atoms. The lowest BCUT2D eigenvalue weighted by Crippen LogP contribution is -2.14. The predicted octanol–water partition coefficient (Wildman–Crippen LogP) is 2.15. The number of aromatic nitrogens is 5. The second-order valence-electron chi connectivity index (χ2n) is 7.35. The number of methoxy groups -OCH3 is 2. The van der Waals surface area contributed by atoms with Crippen molar-refractivity contribution in [3.8, 4) is 22.9 Å². The zero-order chi connectivity index (χ0) is 25.2. The number of sulfonamides is 1. The second kappa shape index (κ2) is 9.76. The van der Waals surface area contributed by atoms with Gasteiger partial charge in [-0.2, -0.15) is 10.1 Å². The van der Waals surface area contributed by atoms with Crippen LogP contribution in [-0.4, -0.2) is 67.0 Å². The molecular weight excluding hydrogens is 481 g/mol. The topological polar surface area (TPSA) is 134 Å². The highest BCUT2D eigenvalue weighted by molar-refractivity contribution is 7.92. The Hall–Kier alpha value is -3.91. The molecule has 0 amide bonds. The SMILES string of the molecule is CNc1nc(OCCOC)cn2c(-c3cc(F)c(OC)c(NS(=O)(=O)c4cnn(C)c4)c3)cnc12. The smallest absolute Gasteiger partial charge is 0.265 e. The fraction of sp³-hybridized carbons (Fsp3) is 0.286. The van der Waals surface area contributed by atoms with Gasteiger partial charge >= 0.3 is 0 Å². The number of halogens is 1. The molecule has 4 rings (SSSR count). The van der Waals surface area contributed by atoms with Crippen molar-refractivity contribution >= 4 is 27.2 Å². The number of rotatable bonds is 10. The molecule has 2 N–H and O–H groups in total. The van der Waals surface area contributed by atoms with Crippen molar-refractivity contribution in [3.63, 3.8) is 0 Å². The molecule has 0 aliphatic heterocycles. The van der Waals surface area contributed by atoms with Crippen LogP contribution in [0.15, 0.2) is 41.8 Å². The minimum absolute atomic E-state index is 0.0785. The average Bonchev–Trinajstić information content (AvgIpc) is 3.45. The summed E-state index contributed by atoms with van der Waals surface area (Å²) in [5.41, 5.74) is 1.20. The Morgan fingerprint density at radius 1 is 1.14 bits per heavy atom. The molecule has 0 saturated carbocycles. The van der Waals surface area contributed by atoms with Crippen LogP contribution in [0.2, 0.25) is 0 Å². The number of imidazole rings is 1. The van der Waals surface area contributed by atoms with Crippen molar-refractivity contribution in [1.29, 1.82) is 0 Å². The van der Waals surface area contributed by atoms with E-state index in [0.29, 0.717) is 35.2 Å². The summed E-state index contributed by atoms with van der Waals surface area (Å²) in [6, 6.07) is 2.69. The number of hydrogen-bond acceptors (Lipinski definition) is 9. The lowest BCUT2D eigenvalue weighted by Gasteiger charge is -2.14. The van der Waals surface area contributed by atoms with Crippen LogP contribution in [-0.2, 0) is 21.8 Å². The molecule has 3 aromatic heterocycles. The van der Waals surface area contributed by atoms with Crippen LogP contribution in [0.4, 0.5) is 15.9 Å². The van der Waals surface area contributed by atoms with E-state index in [9.17, 15) is 8.42 Å². The first-order chi connectivity index (χ1) is 16.8. The van der Waals surface area contributed by atoms with Gasteiger partial charge in [0.05, 0.1) is 43.7 Å². The Balaban J connectivity index is 1.80. The maximum Gasteiger partial charge on any atom is 0.265 e. The van der Waals surface area contributed by atoms with Crippen molar-refractivity contribution in [1.82, 2.24) is 24.1 Å². The van der Waals surface area contributed by atoms with Crippen LogP contribution in [0, 0.1) is 5.82 Å². The highest BCUT2D eigenvalue weighted by atomic mass is 32.2. The number of aryl methyl sites for hydroxylation is 1. The fourth-order valence-corrected chi connectivity index (χ4v) is 4.45. The Morgan fingerprint density at radius 2 is 1.94 bits per heavy atom. The van der Waals surface area contributed by atoms with Crippen molar-refractivity contribution in [2.45, 2.75) is 4.90 Å². The number of hydrogen-bond donors (Lipinski definition) is 2. The molecule has 0 spiro atoms. The van der Waals surface area contributed by atoms with Crippen molar-refractivity contribution in [3.05, 3.63) is 42.7 Å². The molecule has 12 nitrogen and oxygen atoms in total. The summed E-state index contributed by atoms with van der Waals surface area (Å²) in [4.78, 5) is 8.68. The highest BCUT2D eigenvalue weighted by Crippen LogP contribution is 2.36. The number of nitrogens with one attached hydrogen (secondary N) is 2. The van der Waals surface area contributed by atoms with Gasteiger partial charge in [0.15, 0.2) is 23.0 Å². The van der Waals surface area contributed by atoms with Crippen molar-refractivity contribution in [2.75, 3.05) is 44.5 Å². The van der Waals surface area contributed by atoms with E-state index in [1.165, 1.54) is 42.5 Å². The van der Waals surface area contributed by atoms with Gasteiger partial charge in [-0.05, 0) is 12.1 Å². The molecule has 0 aliphatic rings. The first-order valence-corrected chi connectivity index (χ1v) is 11.8. The lowest BCUT2D eigenvalue weighted by molar-refractivity contribution is 0.143. The summed E-state index contributed by atoms with van der Waals surface area (Å²) in [6.07, 6.45) is 5.65. The van der Waals surface area contributed by atoms with Gasteiger partial charge in [-0.25, -0.2) is 17.8 Å². The largest absolute Gasteiger partial charge is 0.492 e. The van der Waals surface area contributed by atoms with E-state index in [1.54, 1.807) is 31.8 Å². The third-order valence-corrected chi connectivity index (χ3v) is 6.34. The van der Waals surface area contributed by atoms with E-state index < -0.39 is 15.8 Å². The van der Waals surface area contributed by atoms with E-state index in [4.69, 9.17) is 14.2 Å². The van der Waals surface area contributed by atoms with E-state index >= 15 is 4.39 Å². The first kappa shape index (κ1) is 24.2. The third-order valence-electron chi connectivity index (χ3n) is 5.02. The normalized spacial score (nSPS) is 11.6. The van der Waals surface area contributed by atoms with E-state index in [0.717, 1.165) is 0 Å². The molecule has 1 aromatic carbocycles. The maximum absolute atomic E-state index is 15.0.